The van der Waals surface area contributed by atoms with Crippen molar-refractivity contribution in [3.8, 4) is 0 Å². The van der Waals surface area contributed by atoms with E-state index in [4.69, 9.17) is 9.72 Å². The van der Waals surface area contributed by atoms with Gasteiger partial charge in [-0.2, -0.15) is 0 Å². The van der Waals surface area contributed by atoms with Crippen LogP contribution in [0.1, 0.15) is 94.0 Å². The number of aromatic nitrogens is 1. The molecule has 0 saturated carbocycles. The van der Waals surface area contributed by atoms with Crippen molar-refractivity contribution in [2.24, 2.45) is 5.92 Å². The minimum absolute atomic E-state index is 0.165. The molecule has 0 bridgehead atoms. The second-order valence-electron chi connectivity index (χ2n) is 7.36. The highest BCUT2D eigenvalue weighted by Crippen LogP contribution is 2.44. The molecule has 0 radical (unpaired) electrons. The van der Waals surface area contributed by atoms with Crippen LogP contribution in [0, 0.1) is 19.8 Å². The molecule has 2 rings (SSSR count). The van der Waals surface area contributed by atoms with E-state index in [1.807, 2.05) is 0 Å². The van der Waals surface area contributed by atoms with Crippen molar-refractivity contribution < 1.29 is 4.74 Å². The molecule has 2 heterocycles. The molecule has 1 unspecified atom stereocenters. The maximum absolute atomic E-state index is 6.26. The van der Waals surface area contributed by atoms with Gasteiger partial charge in [0.2, 0.25) is 0 Å². The van der Waals surface area contributed by atoms with Gasteiger partial charge in [0.25, 0.3) is 0 Å². The van der Waals surface area contributed by atoms with Crippen molar-refractivity contribution in [2.75, 3.05) is 0 Å². The van der Waals surface area contributed by atoms with E-state index in [1.165, 1.54) is 22.4 Å². The Hall–Kier alpha value is -0.890. The summed E-state index contributed by atoms with van der Waals surface area (Å²) in [5.74, 6) is 1.62. The Kier molecular flexibility index (Phi) is 4.77. The minimum Gasteiger partial charge on any atom is -0.371 e. The fourth-order valence-electron chi connectivity index (χ4n) is 3.77. The lowest BCUT2D eigenvalue weighted by Crippen LogP contribution is -2.17. The Morgan fingerprint density at radius 3 is 2.19 bits per heavy atom. The molecule has 1 aromatic heterocycles. The molecule has 1 aromatic rings. The van der Waals surface area contributed by atoms with Crippen LogP contribution in [-0.4, -0.2) is 11.1 Å². The molecule has 1 aliphatic heterocycles. The van der Waals surface area contributed by atoms with Crippen LogP contribution in [0.3, 0.4) is 0 Å². The molecule has 0 fully saturated rings. The zero-order chi connectivity index (χ0) is 15.9. The van der Waals surface area contributed by atoms with Gasteiger partial charge in [-0.05, 0) is 68.6 Å². The molecule has 1 aliphatic rings. The molecule has 0 aliphatic carbocycles. The number of ether oxygens (including phenoxy) is 1. The molecule has 3 atom stereocenters. The summed E-state index contributed by atoms with van der Waals surface area (Å²) < 4.78 is 6.26. The molecule has 0 saturated heterocycles. The van der Waals surface area contributed by atoms with Crippen molar-refractivity contribution in [1.29, 1.82) is 0 Å². The van der Waals surface area contributed by atoms with Gasteiger partial charge in [0.05, 0.1) is 12.2 Å². The highest BCUT2D eigenvalue weighted by atomic mass is 16.5. The predicted octanol–water partition coefficient (Wildman–Crippen LogP) is 5.43. The van der Waals surface area contributed by atoms with Crippen LogP contribution < -0.4 is 0 Å². The predicted molar refractivity (Wildman–Crippen MR) is 89.0 cm³/mol. The van der Waals surface area contributed by atoms with Crippen molar-refractivity contribution in [3.05, 3.63) is 28.1 Å². The molecule has 21 heavy (non-hydrogen) atoms. The smallest absolute Gasteiger partial charge is 0.0807 e. The number of hydrogen-bond donors (Lipinski definition) is 0. The Labute approximate surface area is 130 Å². The largest absolute Gasteiger partial charge is 0.371 e. The van der Waals surface area contributed by atoms with Crippen molar-refractivity contribution in [3.63, 3.8) is 0 Å². The van der Waals surface area contributed by atoms with E-state index in [0.717, 1.165) is 12.1 Å². The molecule has 2 heteroatoms. The van der Waals surface area contributed by atoms with Crippen LogP contribution in [0.15, 0.2) is 0 Å². The van der Waals surface area contributed by atoms with Gasteiger partial charge in [-0.25, -0.2) is 0 Å². The van der Waals surface area contributed by atoms with Crippen LogP contribution >= 0.6 is 0 Å². The summed E-state index contributed by atoms with van der Waals surface area (Å²) in [5.41, 5.74) is 6.66. The first-order valence-corrected chi connectivity index (χ1v) is 8.40. The maximum atomic E-state index is 6.26. The molecule has 0 aromatic carbocycles. The minimum atomic E-state index is 0.165. The topological polar surface area (TPSA) is 22.1 Å². The highest BCUT2D eigenvalue weighted by Gasteiger charge is 2.33. The van der Waals surface area contributed by atoms with E-state index in [1.54, 1.807) is 0 Å². The van der Waals surface area contributed by atoms with Gasteiger partial charge >= 0.3 is 0 Å². The maximum Gasteiger partial charge on any atom is 0.0807 e. The molecular weight excluding hydrogens is 258 g/mol. The third-order valence-corrected chi connectivity index (χ3v) is 4.95. The van der Waals surface area contributed by atoms with Crippen LogP contribution in [0.4, 0.5) is 0 Å². The van der Waals surface area contributed by atoms with Gasteiger partial charge in [-0.15, -0.1) is 0 Å². The monoisotopic (exact) mass is 289 g/mol. The van der Waals surface area contributed by atoms with Crippen LogP contribution in [0.2, 0.25) is 0 Å². The molecule has 0 spiro atoms. The lowest BCUT2D eigenvalue weighted by molar-refractivity contribution is 0.00429. The SMILES string of the molecule is Cc1nc(C(C)C)c2c(c1C)[C@@H](C)O[C@@H](C)CC2C(C)C. The van der Waals surface area contributed by atoms with E-state index < -0.39 is 0 Å². The van der Waals surface area contributed by atoms with Gasteiger partial charge < -0.3 is 4.74 Å². The lowest BCUT2D eigenvalue weighted by Gasteiger charge is -2.28. The van der Waals surface area contributed by atoms with Crippen molar-refractivity contribution in [1.82, 2.24) is 4.98 Å². The average Bonchev–Trinajstić information content (AvgIpc) is 2.50. The first kappa shape index (κ1) is 16.5. The van der Waals surface area contributed by atoms with E-state index in [9.17, 15) is 0 Å². The molecular formula is C19H31NO. The molecule has 2 nitrogen and oxygen atoms in total. The number of pyridine rings is 1. The Balaban J connectivity index is 2.77. The Morgan fingerprint density at radius 1 is 1.05 bits per heavy atom. The summed E-state index contributed by atoms with van der Waals surface area (Å²) in [7, 11) is 0. The molecule has 0 N–H and O–H groups in total. The average molecular weight is 289 g/mol. The summed E-state index contributed by atoms with van der Waals surface area (Å²) in [6.07, 6.45) is 1.57. The molecule has 0 amide bonds. The number of rotatable bonds is 2. The third-order valence-electron chi connectivity index (χ3n) is 4.95. The van der Waals surface area contributed by atoms with E-state index in [2.05, 4.69) is 55.4 Å². The summed E-state index contributed by atoms with van der Waals surface area (Å²) >= 11 is 0. The second-order valence-corrected chi connectivity index (χ2v) is 7.36. The zero-order valence-electron chi connectivity index (χ0n) is 14.9. The lowest BCUT2D eigenvalue weighted by atomic mass is 9.78. The number of hydrogen-bond acceptors (Lipinski definition) is 2. The standard InChI is InChI=1S/C19H31NO/c1-10(2)16-9-12(5)21-15(8)17-13(6)14(7)20-19(11(3)4)18(16)17/h10-12,15-16H,9H2,1-8H3/t12-,15+,16?/m0/s1. The van der Waals surface area contributed by atoms with Gasteiger partial charge in [-0.1, -0.05) is 27.7 Å². The first-order chi connectivity index (χ1) is 9.73. The third kappa shape index (κ3) is 3.01. The van der Waals surface area contributed by atoms with E-state index >= 15 is 0 Å². The fraction of sp³-hybridized carbons (Fsp3) is 0.737. The normalized spacial score (nSPS) is 26.1. The fourth-order valence-corrected chi connectivity index (χ4v) is 3.77. The van der Waals surface area contributed by atoms with Crippen LogP contribution in [0.25, 0.3) is 0 Å². The van der Waals surface area contributed by atoms with Crippen LogP contribution in [-0.2, 0) is 4.74 Å². The highest BCUT2D eigenvalue weighted by molar-refractivity contribution is 5.45. The Morgan fingerprint density at radius 2 is 1.67 bits per heavy atom. The van der Waals surface area contributed by atoms with E-state index in [-0.39, 0.29) is 6.10 Å². The number of aryl methyl sites for hydroxylation is 1. The van der Waals surface area contributed by atoms with Gasteiger partial charge in [0.1, 0.15) is 0 Å². The Bertz CT molecular complexity index is 519. The first-order valence-electron chi connectivity index (χ1n) is 8.40. The quantitative estimate of drug-likeness (QED) is 0.724. The molecule has 118 valence electrons. The summed E-state index contributed by atoms with van der Waals surface area (Å²) in [4.78, 5) is 4.96. The van der Waals surface area contributed by atoms with Gasteiger partial charge in [0.15, 0.2) is 0 Å². The summed E-state index contributed by atoms with van der Waals surface area (Å²) in [6.45, 7) is 17.9. The van der Waals surface area contributed by atoms with Crippen molar-refractivity contribution >= 4 is 0 Å². The van der Waals surface area contributed by atoms with Crippen molar-refractivity contribution in [2.45, 2.75) is 85.9 Å². The zero-order valence-corrected chi connectivity index (χ0v) is 14.9. The van der Waals surface area contributed by atoms with Crippen LogP contribution in [0.5, 0.6) is 0 Å². The summed E-state index contributed by atoms with van der Waals surface area (Å²) in [5, 5.41) is 0. The second kappa shape index (κ2) is 6.08. The van der Waals surface area contributed by atoms with Gasteiger partial charge in [0, 0.05) is 11.4 Å². The summed E-state index contributed by atoms with van der Waals surface area (Å²) in [6, 6.07) is 0. The van der Waals surface area contributed by atoms with Gasteiger partial charge in [-0.3, -0.25) is 4.98 Å². The number of fused-ring (bicyclic) bond motifs is 1. The number of nitrogens with zero attached hydrogens (tertiary/aromatic N) is 1. The van der Waals surface area contributed by atoms with E-state index in [0.29, 0.717) is 23.9 Å².